The molecule has 1 aromatic rings. The molecule has 0 spiro atoms. The Labute approximate surface area is 100.0 Å². The van der Waals surface area contributed by atoms with E-state index in [0.29, 0.717) is 6.42 Å². The van der Waals surface area contributed by atoms with Crippen molar-refractivity contribution in [1.82, 2.24) is 10.4 Å². The fourth-order valence-corrected chi connectivity index (χ4v) is 2.53. The number of nitrogens with two attached hydrogens (primary N) is 1. The molecule has 0 saturated carbocycles. The van der Waals surface area contributed by atoms with Gasteiger partial charge in [-0.2, -0.15) is 0 Å². The summed E-state index contributed by atoms with van der Waals surface area (Å²) in [6.07, 6.45) is 0.399. The number of amides is 1. The van der Waals surface area contributed by atoms with E-state index >= 15 is 0 Å². The molecule has 1 amide bonds. The lowest BCUT2D eigenvalue weighted by Crippen LogP contribution is -2.31. The first-order valence-electron chi connectivity index (χ1n) is 5.12. The third kappa shape index (κ3) is 4.20. The highest BCUT2D eigenvalue weighted by molar-refractivity contribution is 7.99. The monoisotopic (exact) mass is 239 g/mol. The van der Waals surface area contributed by atoms with Crippen molar-refractivity contribution in [3.63, 3.8) is 0 Å². The van der Waals surface area contributed by atoms with Crippen molar-refractivity contribution in [2.45, 2.75) is 37.5 Å². The molecule has 1 rings (SSSR count). The molecule has 0 bridgehead atoms. The number of hydrogen-bond acceptors (Lipinski definition) is 4. The van der Waals surface area contributed by atoms with Crippen LogP contribution in [0.5, 0.6) is 0 Å². The van der Waals surface area contributed by atoms with Crippen molar-refractivity contribution in [2.75, 3.05) is 0 Å². The van der Waals surface area contributed by atoms with Gasteiger partial charge in [0.1, 0.15) is 0 Å². The zero-order valence-corrected chi connectivity index (χ0v) is 10.6. The number of rotatable bonds is 4. The highest BCUT2D eigenvalue weighted by Crippen LogP contribution is 2.24. The van der Waals surface area contributed by atoms with Gasteiger partial charge in [-0.3, -0.25) is 10.2 Å². The fourth-order valence-electron chi connectivity index (χ4n) is 1.43. The van der Waals surface area contributed by atoms with E-state index in [1.54, 1.807) is 11.8 Å². The van der Waals surface area contributed by atoms with Crippen LogP contribution >= 0.6 is 11.8 Å². The van der Waals surface area contributed by atoms with Gasteiger partial charge in [0.15, 0.2) is 0 Å². The second kappa shape index (κ2) is 5.86. The van der Waals surface area contributed by atoms with Crippen LogP contribution < -0.4 is 11.3 Å². The summed E-state index contributed by atoms with van der Waals surface area (Å²) >= 11 is 1.59. The van der Waals surface area contributed by atoms with Crippen LogP contribution in [0.3, 0.4) is 0 Å². The Kier molecular flexibility index (Phi) is 4.76. The van der Waals surface area contributed by atoms with E-state index in [1.807, 2.05) is 32.9 Å². The number of carbonyl (C=O) groups is 1. The maximum atomic E-state index is 11.1. The number of nitrogens with zero attached hydrogens (tertiary/aromatic N) is 1. The van der Waals surface area contributed by atoms with Gasteiger partial charge < -0.3 is 0 Å². The summed E-state index contributed by atoms with van der Waals surface area (Å²) in [6.45, 7) is 5.99. The largest absolute Gasteiger partial charge is 0.294 e. The SMILES string of the molecule is Cc1cc(C)nc(SC(C)CC(=O)NN)c1. The normalized spacial score (nSPS) is 12.2. The quantitative estimate of drug-likeness (QED) is 0.362. The van der Waals surface area contributed by atoms with Crippen molar-refractivity contribution in [1.29, 1.82) is 0 Å². The fraction of sp³-hybridized carbons (Fsp3) is 0.455. The number of thioether (sulfide) groups is 1. The molecule has 4 nitrogen and oxygen atoms in total. The number of nitrogens with one attached hydrogen (secondary N) is 1. The molecule has 1 unspecified atom stereocenters. The molecule has 3 N–H and O–H groups in total. The molecular weight excluding hydrogens is 222 g/mol. The first-order chi connectivity index (χ1) is 7.51. The number of carbonyl (C=O) groups excluding carboxylic acids is 1. The lowest BCUT2D eigenvalue weighted by atomic mass is 10.3. The molecule has 0 fully saturated rings. The second-order valence-electron chi connectivity index (χ2n) is 3.82. The smallest absolute Gasteiger partial charge is 0.234 e. The lowest BCUT2D eigenvalue weighted by molar-refractivity contribution is -0.121. The van der Waals surface area contributed by atoms with Gasteiger partial charge in [-0.15, -0.1) is 11.8 Å². The Morgan fingerprint density at radius 3 is 2.81 bits per heavy atom. The molecule has 0 aliphatic carbocycles. The van der Waals surface area contributed by atoms with E-state index in [2.05, 4.69) is 10.4 Å². The molecule has 1 atom stereocenters. The van der Waals surface area contributed by atoms with E-state index in [0.717, 1.165) is 10.7 Å². The van der Waals surface area contributed by atoms with Gasteiger partial charge in [-0.05, 0) is 31.5 Å². The molecule has 5 heteroatoms. The van der Waals surface area contributed by atoms with Crippen molar-refractivity contribution < 1.29 is 4.79 Å². The summed E-state index contributed by atoms with van der Waals surface area (Å²) < 4.78 is 0. The first-order valence-corrected chi connectivity index (χ1v) is 6.00. The van der Waals surface area contributed by atoms with Crippen LogP contribution in [-0.4, -0.2) is 16.1 Å². The average Bonchev–Trinajstić information content (AvgIpc) is 2.15. The Bertz CT molecular complexity index is 361. The Balaban J connectivity index is 2.62. The summed E-state index contributed by atoms with van der Waals surface area (Å²) in [7, 11) is 0. The predicted molar refractivity (Wildman–Crippen MR) is 66.0 cm³/mol. The van der Waals surface area contributed by atoms with Crippen LogP contribution in [-0.2, 0) is 4.79 Å². The van der Waals surface area contributed by atoms with Crippen molar-refractivity contribution >= 4 is 17.7 Å². The number of pyridine rings is 1. The summed E-state index contributed by atoms with van der Waals surface area (Å²) in [5.41, 5.74) is 4.32. The van der Waals surface area contributed by atoms with Gasteiger partial charge in [0.2, 0.25) is 5.91 Å². The Hall–Kier alpha value is -1.07. The predicted octanol–water partition coefficient (Wildman–Crippen LogP) is 1.56. The van der Waals surface area contributed by atoms with Crippen molar-refractivity contribution in [3.05, 3.63) is 23.4 Å². The Morgan fingerprint density at radius 2 is 2.25 bits per heavy atom. The third-order valence-electron chi connectivity index (χ3n) is 2.03. The molecule has 0 aliphatic rings. The summed E-state index contributed by atoms with van der Waals surface area (Å²) in [5.74, 6) is 4.89. The lowest BCUT2D eigenvalue weighted by Gasteiger charge is -2.10. The van der Waals surface area contributed by atoms with Crippen LogP contribution in [0.2, 0.25) is 0 Å². The maximum Gasteiger partial charge on any atom is 0.234 e. The van der Waals surface area contributed by atoms with Gasteiger partial charge in [-0.25, -0.2) is 10.8 Å². The van der Waals surface area contributed by atoms with Crippen molar-refractivity contribution in [2.24, 2.45) is 5.84 Å². The highest BCUT2D eigenvalue weighted by atomic mass is 32.2. The second-order valence-corrected chi connectivity index (χ2v) is 5.28. The van der Waals surface area contributed by atoms with Gasteiger partial charge in [-0.1, -0.05) is 6.92 Å². The minimum Gasteiger partial charge on any atom is -0.294 e. The molecule has 1 aromatic heterocycles. The topological polar surface area (TPSA) is 68.0 Å². The standard InChI is InChI=1S/C11H17N3OS/c1-7-4-8(2)13-11(5-7)16-9(3)6-10(15)14-12/h4-5,9H,6,12H2,1-3H3,(H,14,15). The third-order valence-corrected chi connectivity index (χ3v) is 3.05. The molecule has 0 radical (unpaired) electrons. The number of aromatic nitrogens is 1. The van der Waals surface area contributed by atoms with E-state index in [1.165, 1.54) is 5.56 Å². The van der Waals surface area contributed by atoms with Gasteiger partial charge in [0.25, 0.3) is 0 Å². The Morgan fingerprint density at radius 1 is 1.56 bits per heavy atom. The molecule has 88 valence electrons. The van der Waals surface area contributed by atoms with Gasteiger partial charge in [0.05, 0.1) is 5.03 Å². The molecule has 16 heavy (non-hydrogen) atoms. The maximum absolute atomic E-state index is 11.1. The van der Waals surface area contributed by atoms with Crippen LogP contribution in [0.15, 0.2) is 17.2 Å². The zero-order chi connectivity index (χ0) is 12.1. The van der Waals surface area contributed by atoms with E-state index in [4.69, 9.17) is 5.84 Å². The number of hydrogen-bond donors (Lipinski definition) is 2. The van der Waals surface area contributed by atoms with Crippen LogP contribution in [0.1, 0.15) is 24.6 Å². The number of aryl methyl sites for hydroxylation is 2. The highest BCUT2D eigenvalue weighted by Gasteiger charge is 2.10. The summed E-state index contributed by atoms with van der Waals surface area (Å²) in [6, 6.07) is 4.05. The van der Waals surface area contributed by atoms with E-state index in [9.17, 15) is 4.79 Å². The van der Waals surface area contributed by atoms with Gasteiger partial charge in [0, 0.05) is 17.4 Å². The minimum absolute atomic E-state index is 0.149. The zero-order valence-electron chi connectivity index (χ0n) is 9.78. The van der Waals surface area contributed by atoms with Crippen LogP contribution in [0.4, 0.5) is 0 Å². The summed E-state index contributed by atoms with van der Waals surface area (Å²) in [5, 5.41) is 1.12. The average molecular weight is 239 g/mol. The molecule has 0 aliphatic heterocycles. The molecule has 0 saturated heterocycles. The van der Waals surface area contributed by atoms with Crippen LogP contribution in [0.25, 0.3) is 0 Å². The molecule has 0 aromatic carbocycles. The van der Waals surface area contributed by atoms with E-state index in [-0.39, 0.29) is 11.2 Å². The van der Waals surface area contributed by atoms with E-state index < -0.39 is 0 Å². The first kappa shape index (κ1) is 13.0. The minimum atomic E-state index is -0.149. The van der Waals surface area contributed by atoms with Crippen molar-refractivity contribution in [3.8, 4) is 0 Å². The summed E-state index contributed by atoms with van der Waals surface area (Å²) in [4.78, 5) is 15.5. The van der Waals surface area contributed by atoms with Crippen LogP contribution in [0, 0.1) is 13.8 Å². The molecule has 1 heterocycles. The number of hydrazine groups is 1. The van der Waals surface area contributed by atoms with Gasteiger partial charge >= 0.3 is 0 Å². The molecular formula is C11H17N3OS.